The van der Waals surface area contributed by atoms with Gasteiger partial charge >= 0.3 is 11.9 Å². The molecule has 0 saturated heterocycles. The molecule has 0 amide bonds. The van der Waals surface area contributed by atoms with Crippen LogP contribution in [0.1, 0.15) is 12.8 Å². The van der Waals surface area contributed by atoms with Gasteiger partial charge in [0, 0.05) is 6.42 Å². The Morgan fingerprint density at radius 1 is 1.19 bits per heavy atom. The van der Waals surface area contributed by atoms with Gasteiger partial charge in [-0.2, -0.15) is 0 Å². The Hall–Kier alpha value is -1.76. The number of carbonyl (C=O) groups is 4. The minimum Gasteiger partial charge on any atom is -0.480 e. The topological polar surface area (TPSA) is 112 Å². The monoisotopic (exact) mass is 231 g/mol. The van der Waals surface area contributed by atoms with Crippen molar-refractivity contribution in [3.63, 3.8) is 0 Å². The van der Waals surface area contributed by atoms with Gasteiger partial charge in [0.1, 0.15) is 18.6 Å². The highest BCUT2D eigenvalue weighted by molar-refractivity contribution is 5.76. The molecule has 0 saturated carbocycles. The second-order valence-electron chi connectivity index (χ2n) is 3.09. The molecule has 0 aromatic carbocycles. The van der Waals surface area contributed by atoms with E-state index >= 15 is 0 Å². The first-order chi connectivity index (χ1) is 7.52. The number of carboxylic acids is 2. The molecule has 0 fully saturated rings. The summed E-state index contributed by atoms with van der Waals surface area (Å²) in [7, 11) is 0. The first-order valence-electron chi connectivity index (χ1n) is 4.58. The SMILES string of the molecule is O=CCC[C@@H](C(=O)O)N(CC=O)CC(=O)O. The first kappa shape index (κ1) is 14.2. The van der Waals surface area contributed by atoms with Crippen LogP contribution in [-0.4, -0.2) is 58.8 Å². The average Bonchev–Trinajstić information content (AvgIpc) is 2.17. The molecule has 0 unspecified atom stereocenters. The Morgan fingerprint density at radius 2 is 1.81 bits per heavy atom. The van der Waals surface area contributed by atoms with Gasteiger partial charge in [0.25, 0.3) is 0 Å². The lowest BCUT2D eigenvalue weighted by atomic mass is 10.1. The van der Waals surface area contributed by atoms with E-state index < -0.39 is 24.5 Å². The standard InChI is InChI=1S/C9H13NO6/c11-4-1-2-7(9(15)16)10(3-5-12)6-8(13)14/h4-5,7H,1-3,6H2,(H,13,14)(H,15,16)/t7-/m0/s1. The normalized spacial score (nSPS) is 12.1. The lowest BCUT2D eigenvalue weighted by Gasteiger charge is -2.24. The van der Waals surface area contributed by atoms with Crippen molar-refractivity contribution in [2.75, 3.05) is 13.1 Å². The summed E-state index contributed by atoms with van der Waals surface area (Å²) in [6, 6.07) is -1.13. The molecule has 0 aliphatic heterocycles. The van der Waals surface area contributed by atoms with E-state index in [2.05, 4.69) is 0 Å². The molecule has 0 aliphatic carbocycles. The average molecular weight is 231 g/mol. The van der Waals surface area contributed by atoms with Crippen LogP contribution in [0.25, 0.3) is 0 Å². The van der Waals surface area contributed by atoms with E-state index in [-0.39, 0.29) is 19.4 Å². The van der Waals surface area contributed by atoms with Crippen molar-refractivity contribution in [2.45, 2.75) is 18.9 Å². The van der Waals surface area contributed by atoms with Crippen LogP contribution in [0, 0.1) is 0 Å². The van der Waals surface area contributed by atoms with Crippen molar-refractivity contribution in [2.24, 2.45) is 0 Å². The second-order valence-corrected chi connectivity index (χ2v) is 3.09. The Kier molecular flexibility index (Phi) is 6.69. The number of nitrogens with zero attached hydrogens (tertiary/aromatic N) is 1. The minimum atomic E-state index is -1.25. The lowest BCUT2D eigenvalue weighted by Crippen LogP contribution is -2.45. The summed E-state index contributed by atoms with van der Waals surface area (Å²) in [4.78, 5) is 42.7. The van der Waals surface area contributed by atoms with E-state index in [1.54, 1.807) is 0 Å². The van der Waals surface area contributed by atoms with Gasteiger partial charge in [-0.3, -0.25) is 14.5 Å². The maximum absolute atomic E-state index is 10.8. The minimum absolute atomic E-state index is 0.00590. The largest absolute Gasteiger partial charge is 0.480 e. The molecule has 16 heavy (non-hydrogen) atoms. The van der Waals surface area contributed by atoms with Gasteiger partial charge < -0.3 is 19.8 Å². The summed E-state index contributed by atoms with van der Waals surface area (Å²) >= 11 is 0. The highest BCUT2D eigenvalue weighted by Gasteiger charge is 2.26. The van der Waals surface area contributed by atoms with Crippen LogP contribution in [0.15, 0.2) is 0 Å². The summed E-state index contributed by atoms with van der Waals surface area (Å²) < 4.78 is 0. The van der Waals surface area contributed by atoms with Gasteiger partial charge in [-0.1, -0.05) is 0 Å². The summed E-state index contributed by atoms with van der Waals surface area (Å²) in [5.41, 5.74) is 0. The van der Waals surface area contributed by atoms with Crippen LogP contribution in [0.4, 0.5) is 0 Å². The van der Waals surface area contributed by atoms with Crippen molar-refractivity contribution < 1.29 is 29.4 Å². The molecule has 90 valence electrons. The zero-order valence-electron chi connectivity index (χ0n) is 8.54. The Bertz CT molecular complexity index is 277. The van der Waals surface area contributed by atoms with E-state index in [4.69, 9.17) is 10.2 Å². The number of rotatable bonds is 9. The highest BCUT2D eigenvalue weighted by atomic mass is 16.4. The zero-order chi connectivity index (χ0) is 12.6. The number of carbonyl (C=O) groups excluding carboxylic acids is 2. The third-order valence-electron chi connectivity index (χ3n) is 1.93. The zero-order valence-corrected chi connectivity index (χ0v) is 8.54. The van der Waals surface area contributed by atoms with Gasteiger partial charge in [0.15, 0.2) is 0 Å². The van der Waals surface area contributed by atoms with Gasteiger partial charge in [-0.25, -0.2) is 0 Å². The smallest absolute Gasteiger partial charge is 0.320 e. The maximum Gasteiger partial charge on any atom is 0.320 e. The summed E-state index contributed by atoms with van der Waals surface area (Å²) in [6.45, 7) is -0.837. The van der Waals surface area contributed by atoms with Gasteiger partial charge in [-0.05, 0) is 6.42 Å². The molecule has 2 N–H and O–H groups in total. The van der Waals surface area contributed by atoms with Crippen LogP contribution >= 0.6 is 0 Å². The number of hydrogen-bond acceptors (Lipinski definition) is 5. The fourth-order valence-corrected chi connectivity index (χ4v) is 1.26. The third-order valence-corrected chi connectivity index (χ3v) is 1.93. The maximum atomic E-state index is 10.8. The molecule has 1 atom stereocenters. The second kappa shape index (κ2) is 7.52. The van der Waals surface area contributed by atoms with Crippen LogP contribution in [0.3, 0.4) is 0 Å². The van der Waals surface area contributed by atoms with Crippen molar-refractivity contribution in [3.8, 4) is 0 Å². The molecule has 0 rings (SSSR count). The van der Waals surface area contributed by atoms with Crippen molar-refractivity contribution >= 4 is 24.5 Å². The number of carboxylic acid groups (broad SMARTS) is 2. The molecule has 0 heterocycles. The fourth-order valence-electron chi connectivity index (χ4n) is 1.26. The third kappa shape index (κ3) is 5.20. The predicted molar refractivity (Wildman–Crippen MR) is 52.0 cm³/mol. The molecular formula is C9H13NO6. The molecule has 0 aromatic heterocycles. The van der Waals surface area contributed by atoms with Crippen LogP contribution < -0.4 is 0 Å². The van der Waals surface area contributed by atoms with Crippen molar-refractivity contribution in [1.82, 2.24) is 4.90 Å². The molecule has 0 bridgehead atoms. The van der Waals surface area contributed by atoms with E-state index in [9.17, 15) is 19.2 Å². The Morgan fingerprint density at radius 3 is 2.19 bits per heavy atom. The number of hydrogen-bond donors (Lipinski definition) is 2. The first-order valence-corrected chi connectivity index (χ1v) is 4.58. The molecular weight excluding hydrogens is 218 g/mol. The summed E-state index contributed by atoms with van der Waals surface area (Å²) in [5.74, 6) is -2.47. The molecule has 0 radical (unpaired) electrons. The van der Waals surface area contributed by atoms with Crippen molar-refractivity contribution in [1.29, 1.82) is 0 Å². The van der Waals surface area contributed by atoms with E-state index in [1.807, 2.05) is 0 Å². The van der Waals surface area contributed by atoms with Gasteiger partial charge in [0.2, 0.25) is 0 Å². The van der Waals surface area contributed by atoms with Crippen LogP contribution in [0.2, 0.25) is 0 Å². The quantitative estimate of drug-likeness (QED) is 0.489. The van der Waals surface area contributed by atoms with E-state index in [1.165, 1.54) is 0 Å². The fraction of sp³-hybridized carbons (Fsp3) is 0.556. The Labute approximate surface area is 91.7 Å². The Balaban J connectivity index is 4.62. The lowest BCUT2D eigenvalue weighted by molar-refractivity contribution is -0.146. The molecule has 0 aliphatic rings. The van der Waals surface area contributed by atoms with E-state index in [0.29, 0.717) is 12.6 Å². The van der Waals surface area contributed by atoms with Gasteiger partial charge in [-0.15, -0.1) is 0 Å². The van der Waals surface area contributed by atoms with Crippen LogP contribution in [-0.2, 0) is 19.2 Å². The predicted octanol–water partition coefficient (Wildman–Crippen LogP) is -0.996. The van der Waals surface area contributed by atoms with Crippen molar-refractivity contribution in [3.05, 3.63) is 0 Å². The van der Waals surface area contributed by atoms with Gasteiger partial charge in [0.05, 0.1) is 13.1 Å². The number of aldehydes is 2. The molecule has 0 spiro atoms. The summed E-state index contributed by atoms with van der Waals surface area (Å²) in [6.07, 6.45) is 0.974. The molecule has 7 nitrogen and oxygen atoms in total. The van der Waals surface area contributed by atoms with Crippen LogP contribution in [0.5, 0.6) is 0 Å². The summed E-state index contributed by atoms with van der Waals surface area (Å²) in [5, 5.41) is 17.4. The molecule has 0 aromatic rings. The highest BCUT2D eigenvalue weighted by Crippen LogP contribution is 2.06. The molecule has 7 heteroatoms. The van der Waals surface area contributed by atoms with E-state index in [0.717, 1.165) is 4.90 Å². The number of aliphatic carboxylic acids is 2.